The van der Waals surface area contributed by atoms with Crippen LogP contribution in [0.3, 0.4) is 0 Å². The van der Waals surface area contributed by atoms with Crippen LogP contribution in [0.2, 0.25) is 5.02 Å². The molecule has 15 heavy (non-hydrogen) atoms. The number of hydrogen-bond donors (Lipinski definition) is 1. The van der Waals surface area contributed by atoms with Crippen LogP contribution >= 0.6 is 11.6 Å². The number of halogens is 1. The smallest absolute Gasteiger partial charge is 0.0847 e. The Labute approximate surface area is 96.8 Å². The Morgan fingerprint density at radius 3 is 2.67 bits per heavy atom. The quantitative estimate of drug-likeness (QED) is 0.841. The summed E-state index contributed by atoms with van der Waals surface area (Å²) in [6, 6.07) is 0.517. The van der Waals surface area contributed by atoms with Crippen LogP contribution in [0.15, 0.2) is 0 Å². The molecule has 0 saturated heterocycles. The van der Waals surface area contributed by atoms with Crippen molar-refractivity contribution >= 4 is 11.6 Å². The molecule has 1 N–H and O–H groups in total. The summed E-state index contributed by atoms with van der Waals surface area (Å²) < 4.78 is 1.99. The Morgan fingerprint density at radius 1 is 1.47 bits per heavy atom. The van der Waals surface area contributed by atoms with Gasteiger partial charge in [-0.05, 0) is 13.8 Å². The van der Waals surface area contributed by atoms with Crippen LogP contribution in [0.25, 0.3) is 0 Å². The highest BCUT2D eigenvalue weighted by Gasteiger charge is 2.11. The summed E-state index contributed by atoms with van der Waals surface area (Å²) in [6.07, 6.45) is 0.936. The molecule has 0 spiro atoms. The van der Waals surface area contributed by atoms with E-state index in [0.29, 0.717) is 6.04 Å². The van der Waals surface area contributed by atoms with Gasteiger partial charge in [0.05, 0.1) is 16.4 Å². The van der Waals surface area contributed by atoms with Gasteiger partial charge in [0.25, 0.3) is 0 Å². The van der Waals surface area contributed by atoms with Gasteiger partial charge in [0, 0.05) is 25.6 Å². The topological polar surface area (TPSA) is 29.9 Å². The molecule has 0 bridgehead atoms. The Kier molecular flexibility index (Phi) is 4.61. The maximum Gasteiger partial charge on any atom is 0.0847 e. The van der Waals surface area contributed by atoms with Crippen molar-refractivity contribution in [2.75, 3.05) is 6.54 Å². The van der Waals surface area contributed by atoms with E-state index in [2.05, 4.69) is 31.2 Å². The van der Waals surface area contributed by atoms with Crippen LogP contribution in [-0.4, -0.2) is 22.4 Å². The van der Waals surface area contributed by atoms with Crippen LogP contribution in [0, 0.1) is 6.92 Å². The van der Waals surface area contributed by atoms with Crippen molar-refractivity contribution in [1.82, 2.24) is 15.1 Å². The molecule has 0 aliphatic carbocycles. The van der Waals surface area contributed by atoms with Crippen molar-refractivity contribution in [3.63, 3.8) is 0 Å². The second kappa shape index (κ2) is 5.52. The number of nitrogens with one attached hydrogen (secondary N) is 1. The van der Waals surface area contributed by atoms with Crippen LogP contribution in [-0.2, 0) is 13.0 Å². The molecule has 0 aliphatic heterocycles. The maximum absolute atomic E-state index is 6.20. The van der Waals surface area contributed by atoms with Gasteiger partial charge >= 0.3 is 0 Å². The fraction of sp³-hybridized carbons (Fsp3) is 0.727. The number of rotatable bonds is 5. The van der Waals surface area contributed by atoms with Crippen LogP contribution in [0.1, 0.15) is 32.2 Å². The van der Waals surface area contributed by atoms with Crippen molar-refractivity contribution in [3.8, 4) is 0 Å². The average molecular weight is 230 g/mol. The van der Waals surface area contributed by atoms with Gasteiger partial charge in [-0.15, -0.1) is 0 Å². The van der Waals surface area contributed by atoms with Gasteiger partial charge < -0.3 is 5.32 Å². The van der Waals surface area contributed by atoms with Gasteiger partial charge in [0.1, 0.15) is 0 Å². The molecule has 0 unspecified atom stereocenters. The number of aryl methyl sites for hydroxylation is 2. The second-order valence-electron chi connectivity index (χ2n) is 4.02. The summed E-state index contributed by atoms with van der Waals surface area (Å²) in [5.74, 6) is 0. The van der Waals surface area contributed by atoms with Crippen LogP contribution < -0.4 is 5.32 Å². The first-order chi connectivity index (χ1) is 7.06. The highest BCUT2D eigenvalue weighted by Crippen LogP contribution is 2.20. The van der Waals surface area contributed by atoms with E-state index in [1.807, 2.05) is 11.6 Å². The summed E-state index contributed by atoms with van der Waals surface area (Å²) in [4.78, 5) is 0. The molecule has 3 nitrogen and oxygen atoms in total. The van der Waals surface area contributed by atoms with Gasteiger partial charge in [-0.1, -0.05) is 25.4 Å². The molecule has 0 fully saturated rings. The number of hydrogen-bond acceptors (Lipinski definition) is 2. The third-order valence-electron chi connectivity index (χ3n) is 2.37. The lowest BCUT2D eigenvalue weighted by Crippen LogP contribution is -2.25. The molecule has 0 aliphatic rings. The molecule has 0 aromatic carbocycles. The van der Waals surface area contributed by atoms with Crippen LogP contribution in [0.4, 0.5) is 0 Å². The van der Waals surface area contributed by atoms with E-state index >= 15 is 0 Å². The van der Waals surface area contributed by atoms with Crippen LogP contribution in [0.5, 0.6) is 0 Å². The second-order valence-corrected chi connectivity index (χ2v) is 4.40. The first kappa shape index (κ1) is 12.5. The van der Waals surface area contributed by atoms with E-state index in [0.717, 1.165) is 35.9 Å². The minimum absolute atomic E-state index is 0.517. The highest BCUT2D eigenvalue weighted by molar-refractivity contribution is 6.31. The third-order valence-corrected chi connectivity index (χ3v) is 2.86. The maximum atomic E-state index is 6.20. The van der Waals surface area contributed by atoms with E-state index in [-0.39, 0.29) is 0 Å². The lowest BCUT2D eigenvalue weighted by Gasteiger charge is -2.09. The molecule has 0 saturated carbocycles. The molecule has 86 valence electrons. The molecule has 0 atom stereocenters. The molecule has 4 heteroatoms. The summed E-state index contributed by atoms with van der Waals surface area (Å²) in [5, 5.41) is 8.59. The van der Waals surface area contributed by atoms with Crippen molar-refractivity contribution in [2.24, 2.45) is 0 Å². The molecule has 1 aromatic heterocycles. The SMILES string of the molecule is CCn1nc(C)c(Cl)c1CCNC(C)C. The molecular formula is C11H20ClN3. The fourth-order valence-corrected chi connectivity index (χ4v) is 1.82. The van der Waals surface area contributed by atoms with E-state index in [4.69, 9.17) is 11.6 Å². The summed E-state index contributed by atoms with van der Waals surface area (Å²) in [7, 11) is 0. The molecule has 1 rings (SSSR count). The lowest BCUT2D eigenvalue weighted by molar-refractivity contribution is 0.560. The van der Waals surface area contributed by atoms with E-state index < -0.39 is 0 Å². The zero-order valence-corrected chi connectivity index (χ0v) is 10.7. The summed E-state index contributed by atoms with van der Waals surface area (Å²) >= 11 is 6.20. The minimum Gasteiger partial charge on any atom is -0.314 e. The Balaban J connectivity index is 2.66. The van der Waals surface area contributed by atoms with Gasteiger partial charge in [-0.25, -0.2) is 0 Å². The van der Waals surface area contributed by atoms with Crippen molar-refractivity contribution in [2.45, 2.75) is 46.7 Å². The van der Waals surface area contributed by atoms with Gasteiger partial charge in [-0.2, -0.15) is 5.10 Å². The third kappa shape index (κ3) is 3.21. The van der Waals surface area contributed by atoms with Crippen molar-refractivity contribution in [1.29, 1.82) is 0 Å². The summed E-state index contributed by atoms with van der Waals surface area (Å²) in [5.41, 5.74) is 2.07. The first-order valence-corrected chi connectivity index (χ1v) is 5.89. The first-order valence-electron chi connectivity index (χ1n) is 5.51. The zero-order valence-electron chi connectivity index (χ0n) is 9.97. The molecule has 0 amide bonds. The predicted octanol–water partition coefficient (Wildman–Crippen LogP) is 2.41. The largest absolute Gasteiger partial charge is 0.314 e. The summed E-state index contributed by atoms with van der Waals surface area (Å²) in [6.45, 7) is 10.1. The van der Waals surface area contributed by atoms with Gasteiger partial charge in [0.2, 0.25) is 0 Å². The molecule has 1 heterocycles. The van der Waals surface area contributed by atoms with Crippen molar-refractivity contribution in [3.05, 3.63) is 16.4 Å². The average Bonchev–Trinajstić information content (AvgIpc) is 2.44. The minimum atomic E-state index is 0.517. The number of nitrogens with zero attached hydrogens (tertiary/aromatic N) is 2. The van der Waals surface area contributed by atoms with Crippen molar-refractivity contribution < 1.29 is 0 Å². The Bertz CT molecular complexity index is 318. The fourth-order valence-electron chi connectivity index (χ4n) is 1.59. The normalized spacial score (nSPS) is 11.3. The Hall–Kier alpha value is -0.540. The Morgan fingerprint density at radius 2 is 2.13 bits per heavy atom. The molecule has 0 radical (unpaired) electrons. The molecule has 1 aromatic rings. The van der Waals surface area contributed by atoms with Gasteiger partial charge in [0.15, 0.2) is 0 Å². The van der Waals surface area contributed by atoms with E-state index in [1.54, 1.807) is 0 Å². The highest BCUT2D eigenvalue weighted by atomic mass is 35.5. The predicted molar refractivity (Wildman–Crippen MR) is 64.5 cm³/mol. The van der Waals surface area contributed by atoms with E-state index in [9.17, 15) is 0 Å². The van der Waals surface area contributed by atoms with Gasteiger partial charge in [-0.3, -0.25) is 4.68 Å². The van der Waals surface area contributed by atoms with E-state index in [1.165, 1.54) is 0 Å². The standard InChI is InChI=1S/C11H20ClN3/c1-5-15-10(6-7-13-8(2)3)11(12)9(4)14-15/h8,13H,5-7H2,1-4H3. The zero-order chi connectivity index (χ0) is 11.4. The monoisotopic (exact) mass is 229 g/mol. The number of aromatic nitrogens is 2. The lowest BCUT2D eigenvalue weighted by atomic mass is 10.2. The molecular weight excluding hydrogens is 210 g/mol.